The summed E-state index contributed by atoms with van der Waals surface area (Å²) in [5, 5.41) is 4.07. The number of hydrogen-bond acceptors (Lipinski definition) is 5. The zero-order chi connectivity index (χ0) is 12.5. The predicted octanol–water partition coefficient (Wildman–Crippen LogP) is 1.93. The minimum atomic E-state index is 0. The molecule has 0 amide bonds. The molecule has 2 fully saturated rings. The van der Waals surface area contributed by atoms with Gasteiger partial charge >= 0.3 is 0 Å². The minimum absolute atomic E-state index is 0. The smallest absolute Gasteiger partial charge is 0.240 e. The first kappa shape index (κ1) is 14.8. The van der Waals surface area contributed by atoms with Gasteiger partial charge in [-0.25, -0.2) is 0 Å². The average molecular weight is 287 g/mol. The van der Waals surface area contributed by atoms with Crippen LogP contribution in [0.5, 0.6) is 0 Å². The Bertz CT molecular complexity index is 407. The molecule has 1 saturated heterocycles. The zero-order valence-corrected chi connectivity index (χ0v) is 12.2. The second-order valence-electron chi connectivity index (χ2n) is 5.71. The van der Waals surface area contributed by atoms with Crippen LogP contribution in [0.1, 0.15) is 50.2 Å². The molecule has 19 heavy (non-hydrogen) atoms. The number of rotatable bonds is 4. The van der Waals surface area contributed by atoms with E-state index >= 15 is 0 Å². The molecule has 0 bridgehead atoms. The van der Waals surface area contributed by atoms with E-state index in [2.05, 4.69) is 22.0 Å². The fraction of sp³-hybridized carbons (Fsp3) is 0.846. The highest BCUT2D eigenvalue weighted by molar-refractivity contribution is 5.85. The van der Waals surface area contributed by atoms with Gasteiger partial charge in [-0.15, -0.1) is 12.4 Å². The van der Waals surface area contributed by atoms with E-state index in [1.54, 1.807) is 0 Å². The maximum Gasteiger partial charge on any atom is 0.240 e. The maximum atomic E-state index is 5.89. The molecule has 2 unspecified atom stereocenters. The Morgan fingerprint density at radius 2 is 2.16 bits per heavy atom. The minimum Gasteiger partial charge on any atom is -0.338 e. The van der Waals surface area contributed by atoms with Crippen molar-refractivity contribution in [2.24, 2.45) is 11.7 Å². The largest absolute Gasteiger partial charge is 0.338 e. The van der Waals surface area contributed by atoms with Crippen LogP contribution in [0.4, 0.5) is 0 Å². The molecule has 3 rings (SSSR count). The summed E-state index contributed by atoms with van der Waals surface area (Å²) in [4.78, 5) is 6.90. The summed E-state index contributed by atoms with van der Waals surface area (Å²) in [5.41, 5.74) is 5.89. The highest BCUT2D eigenvalue weighted by Gasteiger charge is 2.31. The summed E-state index contributed by atoms with van der Waals surface area (Å²) in [6, 6.07) is 0.454. The first-order chi connectivity index (χ1) is 8.78. The fourth-order valence-corrected chi connectivity index (χ4v) is 2.93. The van der Waals surface area contributed by atoms with Gasteiger partial charge in [-0.2, -0.15) is 4.98 Å². The lowest BCUT2D eigenvalue weighted by Gasteiger charge is -2.38. The van der Waals surface area contributed by atoms with Crippen LogP contribution < -0.4 is 5.73 Å². The third kappa shape index (κ3) is 3.27. The predicted molar refractivity (Wildman–Crippen MR) is 75.2 cm³/mol. The number of likely N-dealkylation sites (tertiary alicyclic amines) is 1. The molecule has 1 saturated carbocycles. The molecule has 2 aliphatic rings. The van der Waals surface area contributed by atoms with Crippen LogP contribution in [0, 0.1) is 5.92 Å². The van der Waals surface area contributed by atoms with E-state index in [1.165, 1.54) is 25.7 Å². The molecule has 0 radical (unpaired) electrons. The Morgan fingerprint density at radius 3 is 2.84 bits per heavy atom. The van der Waals surface area contributed by atoms with E-state index in [4.69, 9.17) is 10.3 Å². The van der Waals surface area contributed by atoms with Crippen molar-refractivity contribution in [1.29, 1.82) is 0 Å². The number of halogens is 1. The summed E-state index contributed by atoms with van der Waals surface area (Å²) in [5.74, 6) is 2.88. The van der Waals surface area contributed by atoms with E-state index in [0.717, 1.165) is 24.8 Å². The van der Waals surface area contributed by atoms with Crippen molar-refractivity contribution in [3.8, 4) is 0 Å². The number of hydrogen-bond donors (Lipinski definition) is 1. The monoisotopic (exact) mass is 286 g/mol. The van der Waals surface area contributed by atoms with Crippen molar-refractivity contribution < 1.29 is 4.52 Å². The molecule has 6 heteroatoms. The molecular weight excluding hydrogens is 264 g/mol. The number of aromatic nitrogens is 2. The van der Waals surface area contributed by atoms with E-state index in [-0.39, 0.29) is 12.4 Å². The third-order valence-corrected chi connectivity index (χ3v) is 4.24. The van der Waals surface area contributed by atoms with Crippen LogP contribution in [0.25, 0.3) is 0 Å². The summed E-state index contributed by atoms with van der Waals surface area (Å²) in [6.45, 7) is 4.84. The second kappa shape index (κ2) is 6.20. The highest BCUT2D eigenvalue weighted by Crippen LogP contribution is 2.38. The molecule has 0 aromatic carbocycles. The number of piperidine rings is 1. The van der Waals surface area contributed by atoms with Gasteiger partial charge in [0.05, 0.1) is 6.54 Å². The van der Waals surface area contributed by atoms with Gasteiger partial charge in [0.1, 0.15) is 0 Å². The summed E-state index contributed by atoms with van der Waals surface area (Å²) in [7, 11) is 0. The Kier molecular flexibility index (Phi) is 4.81. The van der Waals surface area contributed by atoms with Crippen molar-refractivity contribution in [2.45, 2.75) is 51.1 Å². The van der Waals surface area contributed by atoms with Gasteiger partial charge in [0, 0.05) is 18.5 Å². The molecular formula is C13H23ClN4O. The molecule has 1 aliphatic heterocycles. The zero-order valence-electron chi connectivity index (χ0n) is 11.4. The molecule has 2 heterocycles. The van der Waals surface area contributed by atoms with Crippen molar-refractivity contribution in [3.05, 3.63) is 11.7 Å². The van der Waals surface area contributed by atoms with Crippen molar-refractivity contribution in [2.75, 3.05) is 13.1 Å². The maximum absolute atomic E-state index is 5.89. The highest BCUT2D eigenvalue weighted by atomic mass is 35.5. The average Bonchev–Trinajstić information content (AvgIpc) is 3.11. The fourth-order valence-electron chi connectivity index (χ4n) is 2.93. The van der Waals surface area contributed by atoms with Gasteiger partial charge in [-0.1, -0.05) is 12.1 Å². The van der Waals surface area contributed by atoms with E-state index in [9.17, 15) is 0 Å². The topological polar surface area (TPSA) is 68.2 Å². The van der Waals surface area contributed by atoms with E-state index < -0.39 is 0 Å². The lowest BCUT2D eigenvalue weighted by Crippen LogP contribution is -2.48. The quantitative estimate of drug-likeness (QED) is 0.916. The number of nitrogens with two attached hydrogens (primary N) is 1. The molecule has 1 aromatic heterocycles. The van der Waals surface area contributed by atoms with Crippen LogP contribution in [0.3, 0.4) is 0 Å². The number of nitrogens with zero attached hydrogens (tertiary/aromatic N) is 3. The van der Waals surface area contributed by atoms with Crippen molar-refractivity contribution in [3.63, 3.8) is 0 Å². The molecule has 2 atom stereocenters. The Morgan fingerprint density at radius 1 is 1.37 bits per heavy atom. The van der Waals surface area contributed by atoms with E-state index in [1.807, 2.05) is 0 Å². The van der Waals surface area contributed by atoms with Crippen LogP contribution in [0.2, 0.25) is 0 Å². The molecule has 2 N–H and O–H groups in total. The lowest BCUT2D eigenvalue weighted by molar-refractivity contribution is 0.0874. The van der Waals surface area contributed by atoms with Crippen LogP contribution in [-0.4, -0.2) is 34.2 Å². The first-order valence-electron chi connectivity index (χ1n) is 7.04. The van der Waals surface area contributed by atoms with Gasteiger partial charge in [-0.05, 0) is 38.1 Å². The Hall–Kier alpha value is -0.650. The van der Waals surface area contributed by atoms with E-state index in [0.29, 0.717) is 24.4 Å². The molecule has 108 valence electrons. The normalized spacial score (nSPS) is 28.1. The van der Waals surface area contributed by atoms with Crippen molar-refractivity contribution >= 4 is 12.4 Å². The Labute approximate surface area is 120 Å². The molecule has 1 aromatic rings. The van der Waals surface area contributed by atoms with Gasteiger partial charge in [0.2, 0.25) is 5.89 Å². The van der Waals surface area contributed by atoms with Crippen LogP contribution >= 0.6 is 12.4 Å². The van der Waals surface area contributed by atoms with Gasteiger partial charge in [0.15, 0.2) is 5.82 Å². The Balaban J connectivity index is 0.00000133. The van der Waals surface area contributed by atoms with Gasteiger partial charge in [-0.3, -0.25) is 4.90 Å². The summed E-state index contributed by atoms with van der Waals surface area (Å²) >= 11 is 0. The SMILES string of the molecule is CC1CCCN(Cc2nc(C3CC3)no2)C1CN.Cl. The van der Waals surface area contributed by atoms with Gasteiger partial charge < -0.3 is 10.3 Å². The van der Waals surface area contributed by atoms with Crippen molar-refractivity contribution in [1.82, 2.24) is 15.0 Å². The van der Waals surface area contributed by atoms with Gasteiger partial charge in [0.25, 0.3) is 0 Å². The molecule has 5 nitrogen and oxygen atoms in total. The standard InChI is InChI=1S/C13H22N4O.ClH/c1-9-3-2-6-17(11(9)7-14)8-12-15-13(16-18-12)10-4-5-10;/h9-11H,2-8,14H2,1H3;1H. The lowest BCUT2D eigenvalue weighted by atomic mass is 9.91. The van der Waals surface area contributed by atoms with Crippen LogP contribution in [0.15, 0.2) is 4.52 Å². The molecule has 1 aliphatic carbocycles. The second-order valence-corrected chi connectivity index (χ2v) is 5.71. The summed E-state index contributed by atoms with van der Waals surface area (Å²) < 4.78 is 5.35. The van der Waals surface area contributed by atoms with Crippen LogP contribution in [-0.2, 0) is 6.54 Å². The first-order valence-corrected chi connectivity index (χ1v) is 7.04. The third-order valence-electron chi connectivity index (χ3n) is 4.24. The molecule has 0 spiro atoms. The summed E-state index contributed by atoms with van der Waals surface area (Å²) in [6.07, 6.45) is 4.94.